The highest BCUT2D eigenvalue weighted by atomic mass is 32.2. The molecule has 2 N–H and O–H groups in total. The maximum atomic E-state index is 12.2. The summed E-state index contributed by atoms with van der Waals surface area (Å²) in [7, 11) is -3.25. The average molecular weight is 559 g/mol. The fourth-order valence-electron chi connectivity index (χ4n) is 5.42. The molecule has 1 fully saturated rings. The average Bonchev–Trinajstić information content (AvgIpc) is 3.65. The van der Waals surface area contributed by atoms with Crippen LogP contribution in [0.4, 0.5) is 0 Å². The lowest BCUT2D eigenvalue weighted by Crippen LogP contribution is -2.50. The molecule has 40 heavy (non-hydrogen) atoms. The Labute approximate surface area is 231 Å². The van der Waals surface area contributed by atoms with Gasteiger partial charge in [-0.1, -0.05) is 65.9 Å². The van der Waals surface area contributed by atoms with E-state index in [9.17, 15) is 8.42 Å². The van der Waals surface area contributed by atoms with E-state index < -0.39 is 10.0 Å². The van der Waals surface area contributed by atoms with Crippen molar-refractivity contribution in [3.05, 3.63) is 102 Å². The highest BCUT2D eigenvalue weighted by molar-refractivity contribution is 7.88. The first kappa shape index (κ1) is 26.0. The molecule has 0 bridgehead atoms. The van der Waals surface area contributed by atoms with E-state index in [1.54, 1.807) is 17.0 Å². The van der Waals surface area contributed by atoms with Crippen molar-refractivity contribution in [3.8, 4) is 0 Å². The first-order valence-electron chi connectivity index (χ1n) is 13.0. The van der Waals surface area contributed by atoms with Crippen LogP contribution in [0.3, 0.4) is 0 Å². The van der Waals surface area contributed by atoms with Crippen molar-refractivity contribution in [3.63, 3.8) is 0 Å². The molecule has 6 rings (SSSR count). The van der Waals surface area contributed by atoms with E-state index in [1.807, 2.05) is 51.8 Å². The van der Waals surface area contributed by atoms with E-state index >= 15 is 0 Å². The first-order chi connectivity index (χ1) is 19.4. The standard InChI is InChI=1S/C27H30N10O2S/c1-40(38,39)36-14-12-34(13-15-36)24(20-8-4-2-5-9-20)25(21-10-6-3-7-11-21)37-17-22(32-33-37)16-35-19-31-26(28)23-27(35)30-18-29-23/h2-11,17-19,24-25,28H,12-16H2,1H3,(H,29,30)/t24-,25+/m0/s1. The third-order valence-corrected chi connectivity index (χ3v) is 8.65. The van der Waals surface area contributed by atoms with Crippen molar-refractivity contribution < 1.29 is 8.42 Å². The number of aromatic amines is 1. The van der Waals surface area contributed by atoms with E-state index in [0.29, 0.717) is 43.9 Å². The summed E-state index contributed by atoms with van der Waals surface area (Å²) in [5.41, 5.74) is 4.24. The number of benzene rings is 2. The third-order valence-electron chi connectivity index (χ3n) is 7.35. The van der Waals surface area contributed by atoms with Gasteiger partial charge in [0.15, 0.2) is 11.1 Å². The van der Waals surface area contributed by atoms with Crippen molar-refractivity contribution in [1.82, 2.24) is 43.7 Å². The second kappa shape index (κ2) is 10.8. The molecule has 5 aromatic rings. The Hall–Kier alpha value is -4.20. The molecule has 13 heteroatoms. The Bertz CT molecular complexity index is 1760. The Morgan fingerprint density at radius 1 is 0.925 bits per heavy atom. The molecule has 2 aromatic carbocycles. The number of nitrogens with one attached hydrogen (secondary N) is 2. The van der Waals surface area contributed by atoms with Gasteiger partial charge >= 0.3 is 0 Å². The minimum absolute atomic E-state index is 0.116. The lowest BCUT2D eigenvalue weighted by atomic mass is 9.91. The molecule has 3 aromatic heterocycles. The molecular weight excluding hydrogens is 528 g/mol. The molecule has 0 aliphatic carbocycles. The van der Waals surface area contributed by atoms with Gasteiger partial charge in [0.1, 0.15) is 11.2 Å². The smallest absolute Gasteiger partial charge is 0.211 e. The lowest BCUT2D eigenvalue weighted by Gasteiger charge is -2.42. The van der Waals surface area contributed by atoms with Crippen LogP contribution in [0, 0.1) is 5.41 Å². The Morgan fingerprint density at radius 3 is 2.23 bits per heavy atom. The second-order valence-electron chi connectivity index (χ2n) is 9.92. The summed E-state index contributed by atoms with van der Waals surface area (Å²) < 4.78 is 29.7. The number of rotatable bonds is 8. The van der Waals surface area contributed by atoms with Gasteiger partial charge in [-0.3, -0.25) is 10.3 Å². The first-order valence-corrected chi connectivity index (χ1v) is 14.9. The molecule has 206 valence electrons. The van der Waals surface area contributed by atoms with Crippen LogP contribution in [0.1, 0.15) is 28.9 Å². The largest absolute Gasteiger partial charge is 0.340 e. The molecular formula is C27H30N10O2S. The molecule has 0 spiro atoms. The minimum atomic E-state index is -3.25. The van der Waals surface area contributed by atoms with Crippen molar-refractivity contribution in [2.75, 3.05) is 32.4 Å². The van der Waals surface area contributed by atoms with E-state index in [0.717, 1.165) is 16.8 Å². The number of aromatic nitrogens is 7. The second-order valence-corrected chi connectivity index (χ2v) is 11.9. The zero-order valence-corrected chi connectivity index (χ0v) is 22.8. The molecule has 1 saturated heterocycles. The molecule has 0 amide bonds. The van der Waals surface area contributed by atoms with E-state index in [2.05, 4.69) is 54.4 Å². The van der Waals surface area contributed by atoms with Gasteiger partial charge < -0.3 is 9.55 Å². The fourth-order valence-corrected chi connectivity index (χ4v) is 6.25. The maximum absolute atomic E-state index is 12.2. The van der Waals surface area contributed by atoms with Gasteiger partial charge in [0.2, 0.25) is 10.0 Å². The highest BCUT2D eigenvalue weighted by Gasteiger charge is 2.35. The van der Waals surface area contributed by atoms with E-state index in [4.69, 9.17) is 5.41 Å². The number of H-pyrrole nitrogens is 1. The van der Waals surface area contributed by atoms with Gasteiger partial charge in [-0.25, -0.2) is 23.1 Å². The van der Waals surface area contributed by atoms with Crippen LogP contribution in [0.2, 0.25) is 0 Å². The minimum Gasteiger partial charge on any atom is -0.340 e. The fraction of sp³-hybridized carbons (Fsp3) is 0.296. The summed E-state index contributed by atoms with van der Waals surface area (Å²) in [5.74, 6) is 0. The molecule has 12 nitrogen and oxygen atoms in total. The normalized spacial score (nSPS) is 16.7. The predicted molar refractivity (Wildman–Crippen MR) is 149 cm³/mol. The van der Waals surface area contributed by atoms with Crippen molar-refractivity contribution in [2.45, 2.75) is 18.6 Å². The van der Waals surface area contributed by atoms with Crippen LogP contribution >= 0.6 is 0 Å². The molecule has 1 aliphatic heterocycles. The van der Waals surface area contributed by atoms with Gasteiger partial charge in [0, 0.05) is 26.2 Å². The molecule has 0 radical (unpaired) electrons. The zero-order valence-electron chi connectivity index (χ0n) is 22.0. The van der Waals surface area contributed by atoms with E-state index in [-0.39, 0.29) is 17.6 Å². The molecule has 2 atom stereocenters. The van der Waals surface area contributed by atoms with Crippen molar-refractivity contribution in [1.29, 1.82) is 5.41 Å². The van der Waals surface area contributed by atoms with Crippen LogP contribution < -0.4 is 5.49 Å². The number of fused-ring (bicyclic) bond motifs is 1. The zero-order chi connectivity index (χ0) is 27.7. The van der Waals surface area contributed by atoms with Crippen LogP contribution in [0.15, 0.2) is 79.5 Å². The molecule has 4 heterocycles. The Morgan fingerprint density at radius 2 is 1.57 bits per heavy atom. The SMILES string of the molecule is CS(=O)(=O)N1CCN([C@@H](c2ccccc2)[C@@H](c2ccccc2)n2cc(Cn3cnc(=N)c4[nH]cnc43)nn2)CC1. The summed E-state index contributed by atoms with van der Waals surface area (Å²) in [6, 6.07) is 20.1. The highest BCUT2D eigenvalue weighted by Crippen LogP contribution is 2.37. The molecule has 1 aliphatic rings. The summed E-state index contributed by atoms with van der Waals surface area (Å²) in [6.07, 6.45) is 6.35. The molecule has 0 unspecified atom stereocenters. The topological polar surface area (TPSA) is 142 Å². The van der Waals surface area contributed by atoms with Crippen LogP contribution in [0.5, 0.6) is 0 Å². The number of sulfonamides is 1. The third kappa shape index (κ3) is 5.18. The number of nitrogens with zero attached hydrogens (tertiary/aromatic N) is 8. The van der Waals surface area contributed by atoms with Gasteiger partial charge in [0.05, 0.1) is 43.7 Å². The van der Waals surface area contributed by atoms with Gasteiger partial charge in [-0.05, 0) is 11.1 Å². The monoisotopic (exact) mass is 558 g/mol. The number of piperazine rings is 1. The van der Waals surface area contributed by atoms with Gasteiger partial charge in [0.25, 0.3) is 0 Å². The summed E-state index contributed by atoms with van der Waals surface area (Å²) in [4.78, 5) is 13.8. The van der Waals surface area contributed by atoms with Crippen molar-refractivity contribution in [2.24, 2.45) is 0 Å². The lowest BCUT2D eigenvalue weighted by molar-refractivity contribution is 0.108. The summed E-state index contributed by atoms with van der Waals surface area (Å²) >= 11 is 0. The Kier molecular flexibility index (Phi) is 7.00. The van der Waals surface area contributed by atoms with Gasteiger partial charge in [-0.2, -0.15) is 4.31 Å². The van der Waals surface area contributed by atoms with Crippen LogP contribution in [-0.2, 0) is 16.6 Å². The van der Waals surface area contributed by atoms with Crippen LogP contribution in [0.25, 0.3) is 11.2 Å². The summed E-state index contributed by atoms with van der Waals surface area (Å²) in [5, 5.41) is 17.1. The summed E-state index contributed by atoms with van der Waals surface area (Å²) in [6.45, 7) is 2.44. The molecule has 0 saturated carbocycles. The van der Waals surface area contributed by atoms with E-state index in [1.165, 1.54) is 6.26 Å². The van der Waals surface area contributed by atoms with Crippen LogP contribution in [-0.4, -0.2) is 84.6 Å². The number of imidazole rings is 1. The Balaban J connectivity index is 1.39. The predicted octanol–water partition coefficient (Wildman–Crippen LogP) is 1.79. The number of hydrogen-bond donors (Lipinski definition) is 2. The number of hydrogen-bond acceptors (Lipinski definition) is 8. The van der Waals surface area contributed by atoms with Gasteiger partial charge in [-0.15, -0.1) is 5.10 Å². The quantitative estimate of drug-likeness (QED) is 0.296. The maximum Gasteiger partial charge on any atom is 0.211 e. The van der Waals surface area contributed by atoms with Crippen molar-refractivity contribution >= 4 is 21.2 Å².